The molecule has 3 N–H and O–H groups in total. The largest absolute Gasteiger partial charge is 0.465 e. The lowest BCUT2D eigenvalue weighted by atomic mass is 10.1. The lowest BCUT2D eigenvalue weighted by Gasteiger charge is -2.06. The Hall–Kier alpha value is -1.85. The van der Waals surface area contributed by atoms with Gasteiger partial charge in [0.2, 0.25) is 5.91 Å². The van der Waals surface area contributed by atoms with Crippen molar-refractivity contribution in [2.75, 3.05) is 6.54 Å². The molecule has 6 heteroatoms. The molecule has 0 unspecified atom stereocenters. The van der Waals surface area contributed by atoms with Crippen LogP contribution in [-0.4, -0.2) is 35.5 Å². The van der Waals surface area contributed by atoms with Crippen LogP contribution in [0.25, 0.3) is 0 Å². The average molecular weight is 226 g/mol. The second-order valence-electron chi connectivity index (χ2n) is 3.62. The minimum Gasteiger partial charge on any atom is -0.465 e. The summed E-state index contributed by atoms with van der Waals surface area (Å²) < 4.78 is 0. The van der Waals surface area contributed by atoms with E-state index in [-0.39, 0.29) is 17.6 Å². The summed E-state index contributed by atoms with van der Waals surface area (Å²) in [6, 6.07) is -0.793. The van der Waals surface area contributed by atoms with E-state index in [0.717, 1.165) is 0 Å². The van der Waals surface area contributed by atoms with Crippen LogP contribution in [0.3, 0.4) is 0 Å². The molecule has 0 radical (unpaired) electrons. The summed E-state index contributed by atoms with van der Waals surface area (Å²) in [4.78, 5) is 32.8. The molecule has 1 saturated heterocycles. The van der Waals surface area contributed by atoms with Crippen LogP contribution in [0.15, 0.2) is 12.2 Å². The maximum absolute atomic E-state index is 11.4. The Bertz CT molecular complexity index is 338. The number of carbonyl (C=O) groups excluding carboxylic acids is 2. The molecule has 1 aliphatic rings. The van der Waals surface area contributed by atoms with Gasteiger partial charge in [-0.15, -0.1) is 0 Å². The number of nitrogens with one attached hydrogen (secondary N) is 2. The van der Waals surface area contributed by atoms with Crippen molar-refractivity contribution in [3.63, 3.8) is 0 Å². The molecule has 1 rings (SSSR count). The van der Waals surface area contributed by atoms with Gasteiger partial charge in [0.15, 0.2) is 5.78 Å². The van der Waals surface area contributed by atoms with Crippen LogP contribution in [0, 0.1) is 5.92 Å². The van der Waals surface area contributed by atoms with Crippen LogP contribution >= 0.6 is 0 Å². The van der Waals surface area contributed by atoms with E-state index in [1.165, 1.54) is 19.1 Å². The third-order valence-corrected chi connectivity index (χ3v) is 2.35. The fourth-order valence-electron chi connectivity index (χ4n) is 1.41. The molecule has 2 amide bonds. The summed E-state index contributed by atoms with van der Waals surface area (Å²) in [7, 11) is 0. The van der Waals surface area contributed by atoms with Crippen molar-refractivity contribution in [1.82, 2.24) is 10.6 Å². The highest BCUT2D eigenvalue weighted by Crippen LogP contribution is 2.10. The van der Waals surface area contributed by atoms with Crippen LogP contribution in [0.5, 0.6) is 0 Å². The van der Waals surface area contributed by atoms with E-state index in [1.54, 1.807) is 0 Å². The van der Waals surface area contributed by atoms with Crippen LogP contribution < -0.4 is 10.6 Å². The van der Waals surface area contributed by atoms with Crippen LogP contribution in [0.4, 0.5) is 4.79 Å². The Kier molecular flexibility index (Phi) is 4.04. The summed E-state index contributed by atoms with van der Waals surface area (Å²) in [5.74, 6) is -0.731. The van der Waals surface area contributed by atoms with Crippen LogP contribution in [-0.2, 0) is 9.59 Å². The molecule has 88 valence electrons. The predicted molar refractivity (Wildman–Crippen MR) is 55.9 cm³/mol. The fourth-order valence-corrected chi connectivity index (χ4v) is 1.41. The fraction of sp³-hybridized carbons (Fsp3) is 0.500. The number of hydrogen-bond donors (Lipinski definition) is 3. The first-order valence-corrected chi connectivity index (χ1v) is 5.00. The summed E-state index contributed by atoms with van der Waals surface area (Å²) in [5, 5.41) is 13.1. The zero-order valence-corrected chi connectivity index (χ0v) is 8.90. The summed E-state index contributed by atoms with van der Waals surface area (Å²) in [6.45, 7) is 2.07. The summed E-state index contributed by atoms with van der Waals surface area (Å²) >= 11 is 0. The van der Waals surface area contributed by atoms with Crippen molar-refractivity contribution in [1.29, 1.82) is 0 Å². The molecule has 0 aliphatic carbocycles. The van der Waals surface area contributed by atoms with E-state index in [2.05, 4.69) is 5.32 Å². The molecule has 0 aromatic carbocycles. The van der Waals surface area contributed by atoms with Crippen molar-refractivity contribution in [2.24, 2.45) is 5.92 Å². The number of hydrogen-bond acceptors (Lipinski definition) is 3. The first-order valence-electron chi connectivity index (χ1n) is 5.00. The SMILES string of the molecule is C[C@H](NC(=O)O)C(=O)C=C[C@@H]1CCNC1=O. The maximum Gasteiger partial charge on any atom is 0.405 e. The van der Waals surface area contributed by atoms with Crippen molar-refractivity contribution in [2.45, 2.75) is 19.4 Å². The van der Waals surface area contributed by atoms with E-state index < -0.39 is 12.1 Å². The molecule has 6 nitrogen and oxygen atoms in total. The van der Waals surface area contributed by atoms with Gasteiger partial charge >= 0.3 is 6.09 Å². The lowest BCUT2D eigenvalue weighted by molar-refractivity contribution is -0.121. The van der Waals surface area contributed by atoms with E-state index >= 15 is 0 Å². The van der Waals surface area contributed by atoms with Gasteiger partial charge < -0.3 is 15.7 Å². The van der Waals surface area contributed by atoms with Gasteiger partial charge in [-0.2, -0.15) is 0 Å². The smallest absolute Gasteiger partial charge is 0.405 e. The van der Waals surface area contributed by atoms with E-state index in [9.17, 15) is 14.4 Å². The summed E-state index contributed by atoms with van der Waals surface area (Å²) in [5.41, 5.74) is 0. The Morgan fingerprint density at radius 2 is 2.31 bits per heavy atom. The number of rotatable bonds is 4. The highest BCUT2D eigenvalue weighted by molar-refractivity contribution is 5.96. The molecule has 0 aromatic rings. The second kappa shape index (κ2) is 5.29. The Morgan fingerprint density at radius 1 is 1.62 bits per heavy atom. The first kappa shape index (κ1) is 12.2. The Balaban J connectivity index is 2.46. The molecule has 1 aliphatic heterocycles. The molecule has 1 fully saturated rings. The molecule has 0 spiro atoms. The van der Waals surface area contributed by atoms with Gasteiger partial charge in [-0.25, -0.2) is 4.79 Å². The maximum atomic E-state index is 11.4. The zero-order valence-electron chi connectivity index (χ0n) is 8.90. The summed E-state index contributed by atoms with van der Waals surface area (Å²) in [6.07, 6.45) is 2.21. The molecule has 0 saturated carbocycles. The van der Waals surface area contributed by atoms with E-state index in [0.29, 0.717) is 13.0 Å². The van der Waals surface area contributed by atoms with Gasteiger partial charge in [0.25, 0.3) is 0 Å². The highest BCUT2D eigenvalue weighted by atomic mass is 16.4. The van der Waals surface area contributed by atoms with Crippen molar-refractivity contribution in [3.05, 3.63) is 12.2 Å². The van der Waals surface area contributed by atoms with Gasteiger partial charge in [0.1, 0.15) is 0 Å². The molecule has 0 aromatic heterocycles. The number of amides is 2. The third-order valence-electron chi connectivity index (χ3n) is 2.35. The standard InChI is InChI=1S/C10H14N2O4/c1-6(12-10(15)16)8(13)3-2-7-4-5-11-9(7)14/h2-3,6-7,12H,4-5H2,1H3,(H,11,14)(H,15,16)/t6-,7+/m0/s1. The van der Waals surface area contributed by atoms with Gasteiger partial charge in [0.05, 0.1) is 12.0 Å². The monoisotopic (exact) mass is 226 g/mol. The molecular formula is C10H14N2O4. The molecule has 2 atom stereocenters. The first-order chi connectivity index (χ1) is 7.50. The average Bonchev–Trinajstić information content (AvgIpc) is 2.59. The topological polar surface area (TPSA) is 95.5 Å². The zero-order chi connectivity index (χ0) is 12.1. The van der Waals surface area contributed by atoms with E-state index in [4.69, 9.17) is 5.11 Å². The molecular weight excluding hydrogens is 212 g/mol. The predicted octanol–water partition coefficient (Wildman–Crippen LogP) is -0.0961. The molecule has 16 heavy (non-hydrogen) atoms. The minimum atomic E-state index is -1.24. The minimum absolute atomic E-state index is 0.0945. The number of ketones is 1. The van der Waals surface area contributed by atoms with E-state index in [1.807, 2.05) is 5.32 Å². The normalized spacial score (nSPS) is 21.8. The van der Waals surface area contributed by atoms with Gasteiger partial charge in [-0.05, 0) is 19.4 Å². The van der Waals surface area contributed by atoms with Crippen LogP contribution in [0.1, 0.15) is 13.3 Å². The Labute approximate surface area is 92.7 Å². The van der Waals surface area contributed by atoms with Crippen molar-refractivity contribution in [3.8, 4) is 0 Å². The van der Waals surface area contributed by atoms with Gasteiger partial charge in [-0.3, -0.25) is 9.59 Å². The number of carbonyl (C=O) groups is 3. The molecule has 0 bridgehead atoms. The van der Waals surface area contributed by atoms with Crippen molar-refractivity contribution >= 4 is 17.8 Å². The molecule has 1 heterocycles. The quantitative estimate of drug-likeness (QED) is 0.583. The van der Waals surface area contributed by atoms with Gasteiger partial charge in [0, 0.05) is 6.54 Å². The third kappa shape index (κ3) is 3.38. The van der Waals surface area contributed by atoms with Crippen molar-refractivity contribution < 1.29 is 19.5 Å². The lowest BCUT2D eigenvalue weighted by Crippen LogP contribution is -2.36. The Morgan fingerprint density at radius 3 is 2.81 bits per heavy atom. The number of carboxylic acid groups (broad SMARTS) is 1. The highest BCUT2D eigenvalue weighted by Gasteiger charge is 2.21. The van der Waals surface area contributed by atoms with Gasteiger partial charge in [-0.1, -0.05) is 6.08 Å². The van der Waals surface area contributed by atoms with Crippen LogP contribution in [0.2, 0.25) is 0 Å². The second-order valence-corrected chi connectivity index (χ2v) is 3.62.